The van der Waals surface area contributed by atoms with E-state index in [1.165, 1.54) is 61.8 Å². The number of aryl methyl sites for hydroxylation is 1. The Balaban J connectivity index is 1.30. The van der Waals surface area contributed by atoms with E-state index in [-0.39, 0.29) is 5.91 Å². The fourth-order valence-electron chi connectivity index (χ4n) is 4.63. The van der Waals surface area contributed by atoms with Crippen LogP contribution < -0.4 is 10.7 Å². The van der Waals surface area contributed by atoms with Crippen LogP contribution >= 0.6 is 0 Å². The summed E-state index contributed by atoms with van der Waals surface area (Å²) in [7, 11) is 0. The minimum atomic E-state index is -0.0421. The van der Waals surface area contributed by atoms with Crippen LogP contribution in [0.3, 0.4) is 0 Å². The first kappa shape index (κ1) is 18.2. The van der Waals surface area contributed by atoms with Crippen molar-refractivity contribution in [2.24, 2.45) is 11.0 Å². The molecule has 0 saturated heterocycles. The standard InChI is InChI=1S/C23H32N4O/c1-14-18(7-2-3-12-24-17-5-4-6-17)21(15-8-9-15)20(25-14)13-19-22(16-10-11-16)26-27-23(19)28/h13,15-17,24-25H,2-12H2,1H3,(H,27,28)/b19-13+. The van der Waals surface area contributed by atoms with Gasteiger partial charge in [-0.2, -0.15) is 5.10 Å². The topological polar surface area (TPSA) is 69.3 Å². The molecule has 0 spiro atoms. The Kier molecular flexibility index (Phi) is 4.87. The predicted octanol–water partition coefficient (Wildman–Crippen LogP) is 3.94. The number of H-pyrrole nitrogens is 1. The van der Waals surface area contributed by atoms with E-state index in [1.54, 1.807) is 0 Å². The molecule has 0 aromatic carbocycles. The number of amides is 1. The first-order valence-electron chi connectivity index (χ1n) is 11.3. The van der Waals surface area contributed by atoms with Crippen molar-refractivity contribution in [3.63, 3.8) is 0 Å². The maximum absolute atomic E-state index is 12.3. The molecule has 0 radical (unpaired) electrons. The summed E-state index contributed by atoms with van der Waals surface area (Å²) in [6.45, 7) is 3.34. The molecule has 0 atom stereocenters. The zero-order chi connectivity index (χ0) is 19.1. The number of hydrogen-bond donors (Lipinski definition) is 3. The second-order valence-corrected chi connectivity index (χ2v) is 9.14. The molecule has 5 rings (SSSR count). The molecule has 4 aliphatic rings. The van der Waals surface area contributed by atoms with Crippen LogP contribution in [0.15, 0.2) is 10.7 Å². The third-order valence-corrected chi connectivity index (χ3v) is 6.82. The number of aromatic amines is 1. The van der Waals surface area contributed by atoms with E-state index >= 15 is 0 Å². The van der Waals surface area contributed by atoms with Gasteiger partial charge in [-0.3, -0.25) is 4.79 Å². The Bertz CT molecular complexity index is 822. The number of carbonyl (C=O) groups excluding carboxylic acids is 1. The van der Waals surface area contributed by atoms with Crippen LogP contribution in [0.2, 0.25) is 0 Å². The number of rotatable bonds is 9. The molecular formula is C23H32N4O. The van der Waals surface area contributed by atoms with Crippen LogP contribution in [0.25, 0.3) is 6.08 Å². The average molecular weight is 381 g/mol. The van der Waals surface area contributed by atoms with E-state index < -0.39 is 0 Å². The zero-order valence-corrected chi connectivity index (χ0v) is 16.9. The molecule has 150 valence electrons. The molecule has 0 bridgehead atoms. The average Bonchev–Trinajstić information content (AvgIpc) is 3.55. The van der Waals surface area contributed by atoms with Gasteiger partial charge in [-0.1, -0.05) is 6.42 Å². The molecule has 3 saturated carbocycles. The molecule has 0 unspecified atom stereocenters. The van der Waals surface area contributed by atoms with Gasteiger partial charge in [0.25, 0.3) is 5.91 Å². The van der Waals surface area contributed by atoms with Crippen molar-refractivity contribution < 1.29 is 4.79 Å². The maximum atomic E-state index is 12.3. The van der Waals surface area contributed by atoms with E-state index in [0.717, 1.165) is 48.8 Å². The second-order valence-electron chi connectivity index (χ2n) is 9.14. The second kappa shape index (κ2) is 7.51. The summed E-state index contributed by atoms with van der Waals surface area (Å²) < 4.78 is 0. The van der Waals surface area contributed by atoms with E-state index in [4.69, 9.17) is 0 Å². The van der Waals surface area contributed by atoms with Crippen molar-refractivity contribution in [1.82, 2.24) is 15.7 Å². The number of nitrogens with zero attached hydrogens (tertiary/aromatic N) is 1. The molecule has 1 aromatic heterocycles. The molecule has 5 heteroatoms. The summed E-state index contributed by atoms with van der Waals surface area (Å²) in [5.74, 6) is 1.11. The summed E-state index contributed by atoms with van der Waals surface area (Å²) in [4.78, 5) is 15.9. The molecule has 28 heavy (non-hydrogen) atoms. The molecule has 2 heterocycles. The monoisotopic (exact) mass is 380 g/mol. The van der Waals surface area contributed by atoms with Gasteiger partial charge in [0.15, 0.2) is 0 Å². The van der Waals surface area contributed by atoms with Crippen LogP contribution in [0.5, 0.6) is 0 Å². The molecular weight excluding hydrogens is 348 g/mol. The Hall–Kier alpha value is -1.88. The number of aromatic nitrogens is 1. The molecule has 1 amide bonds. The minimum absolute atomic E-state index is 0.0421. The van der Waals surface area contributed by atoms with E-state index in [2.05, 4.69) is 33.8 Å². The van der Waals surface area contributed by atoms with Gasteiger partial charge in [-0.05, 0) is 94.4 Å². The molecule has 5 nitrogen and oxygen atoms in total. The highest BCUT2D eigenvalue weighted by atomic mass is 16.2. The van der Waals surface area contributed by atoms with Gasteiger partial charge in [0.1, 0.15) is 0 Å². The van der Waals surface area contributed by atoms with Crippen LogP contribution in [-0.4, -0.2) is 29.2 Å². The van der Waals surface area contributed by atoms with E-state index in [1.807, 2.05) is 0 Å². The van der Waals surface area contributed by atoms with Gasteiger partial charge in [-0.25, -0.2) is 5.43 Å². The number of nitrogens with one attached hydrogen (secondary N) is 3. The normalized spacial score (nSPS) is 23.8. The highest BCUT2D eigenvalue weighted by Gasteiger charge is 2.37. The van der Waals surface area contributed by atoms with Crippen molar-refractivity contribution in [1.29, 1.82) is 0 Å². The third-order valence-electron chi connectivity index (χ3n) is 6.82. The number of hydrogen-bond acceptors (Lipinski definition) is 3. The molecule has 3 aliphatic carbocycles. The van der Waals surface area contributed by atoms with E-state index in [0.29, 0.717) is 11.8 Å². The number of carbonyl (C=O) groups is 1. The Labute approximate surface area is 167 Å². The lowest BCUT2D eigenvalue weighted by Gasteiger charge is -2.26. The fraction of sp³-hybridized carbons (Fsp3) is 0.652. The maximum Gasteiger partial charge on any atom is 0.273 e. The first-order chi connectivity index (χ1) is 13.7. The SMILES string of the molecule is Cc1[nH]c(/C=C2/C(=O)NN=C2C2CC2)c(C2CC2)c1CCCCNC1CCC1. The lowest BCUT2D eigenvalue weighted by Crippen LogP contribution is -2.35. The summed E-state index contributed by atoms with van der Waals surface area (Å²) in [5.41, 5.74) is 9.84. The van der Waals surface area contributed by atoms with Crippen molar-refractivity contribution in [2.75, 3.05) is 6.54 Å². The minimum Gasteiger partial charge on any atom is -0.359 e. The van der Waals surface area contributed by atoms with Crippen molar-refractivity contribution >= 4 is 17.7 Å². The van der Waals surface area contributed by atoms with Gasteiger partial charge in [0, 0.05) is 23.3 Å². The Morgan fingerprint density at radius 1 is 1.11 bits per heavy atom. The Morgan fingerprint density at radius 3 is 2.57 bits per heavy atom. The summed E-state index contributed by atoms with van der Waals surface area (Å²) in [5, 5.41) is 7.97. The van der Waals surface area contributed by atoms with Gasteiger partial charge < -0.3 is 10.3 Å². The predicted molar refractivity (Wildman–Crippen MR) is 112 cm³/mol. The fourth-order valence-corrected chi connectivity index (χ4v) is 4.63. The smallest absolute Gasteiger partial charge is 0.273 e. The highest BCUT2D eigenvalue weighted by molar-refractivity contribution is 6.28. The molecule has 1 aliphatic heterocycles. The van der Waals surface area contributed by atoms with Gasteiger partial charge in [0.05, 0.1) is 11.3 Å². The summed E-state index contributed by atoms with van der Waals surface area (Å²) in [6.07, 6.45) is 14.7. The van der Waals surface area contributed by atoms with Gasteiger partial charge in [0.2, 0.25) is 0 Å². The molecule has 3 N–H and O–H groups in total. The van der Waals surface area contributed by atoms with Crippen LogP contribution in [0, 0.1) is 12.8 Å². The summed E-state index contributed by atoms with van der Waals surface area (Å²) in [6, 6.07) is 0.786. The van der Waals surface area contributed by atoms with Crippen molar-refractivity contribution in [2.45, 2.75) is 83.1 Å². The molecule has 1 aromatic rings. The lowest BCUT2D eigenvalue weighted by molar-refractivity contribution is -0.116. The third kappa shape index (κ3) is 3.69. The van der Waals surface area contributed by atoms with Crippen molar-refractivity contribution in [3.05, 3.63) is 28.1 Å². The van der Waals surface area contributed by atoms with Crippen molar-refractivity contribution in [3.8, 4) is 0 Å². The van der Waals surface area contributed by atoms with Gasteiger partial charge in [-0.15, -0.1) is 0 Å². The number of unbranched alkanes of at least 4 members (excludes halogenated alkanes) is 1. The van der Waals surface area contributed by atoms with E-state index in [9.17, 15) is 4.79 Å². The lowest BCUT2D eigenvalue weighted by atomic mass is 9.93. The quantitative estimate of drug-likeness (QED) is 0.448. The first-order valence-corrected chi connectivity index (χ1v) is 11.3. The summed E-state index contributed by atoms with van der Waals surface area (Å²) >= 11 is 0. The molecule has 3 fully saturated rings. The number of hydrazone groups is 1. The highest BCUT2D eigenvalue weighted by Crippen LogP contribution is 2.45. The Morgan fingerprint density at radius 2 is 1.89 bits per heavy atom. The van der Waals surface area contributed by atoms with Crippen LogP contribution in [0.1, 0.15) is 86.2 Å². The largest absolute Gasteiger partial charge is 0.359 e. The van der Waals surface area contributed by atoms with Crippen LogP contribution in [-0.2, 0) is 11.2 Å². The van der Waals surface area contributed by atoms with Crippen LogP contribution in [0.4, 0.5) is 0 Å². The van der Waals surface area contributed by atoms with Gasteiger partial charge >= 0.3 is 0 Å². The zero-order valence-electron chi connectivity index (χ0n) is 16.9.